The number of H-pyrrole nitrogens is 1. The van der Waals surface area contributed by atoms with Crippen LogP contribution in [0.1, 0.15) is 12.0 Å². The number of nitrogens with two attached hydrogens (primary N) is 1. The quantitative estimate of drug-likeness (QED) is 0.755. The van der Waals surface area contributed by atoms with Crippen LogP contribution in [-0.4, -0.2) is 57.8 Å². The number of hydrogen-bond acceptors (Lipinski definition) is 6. The lowest BCUT2D eigenvalue weighted by molar-refractivity contribution is -0.130. The Morgan fingerprint density at radius 2 is 2.12 bits per heavy atom. The van der Waals surface area contributed by atoms with Crippen LogP contribution in [0.4, 0.5) is 5.82 Å². The Morgan fingerprint density at radius 1 is 1.36 bits per heavy atom. The molecule has 1 fully saturated rings. The number of nitrogens with one attached hydrogen (secondary N) is 1. The molecule has 0 bridgehead atoms. The summed E-state index contributed by atoms with van der Waals surface area (Å²) < 4.78 is 0. The van der Waals surface area contributed by atoms with Crippen molar-refractivity contribution in [3.05, 3.63) is 24.0 Å². The van der Waals surface area contributed by atoms with Crippen molar-refractivity contribution in [3.63, 3.8) is 0 Å². The number of aromatic nitrogens is 3. The Morgan fingerprint density at radius 3 is 2.80 bits per heavy atom. The van der Waals surface area contributed by atoms with E-state index in [0.717, 1.165) is 5.56 Å². The van der Waals surface area contributed by atoms with Crippen molar-refractivity contribution in [2.24, 2.45) is 5.73 Å². The summed E-state index contributed by atoms with van der Waals surface area (Å²) in [5, 5.41) is 8.62. The highest BCUT2D eigenvalue weighted by Gasteiger charge is 2.22. The molecule has 1 aliphatic rings. The Labute approximate surface area is 143 Å². The second-order valence-electron chi connectivity index (χ2n) is 5.61. The zero-order valence-corrected chi connectivity index (χ0v) is 13.5. The third-order valence-electron chi connectivity index (χ3n) is 4.01. The van der Waals surface area contributed by atoms with Crippen molar-refractivity contribution in [1.29, 1.82) is 5.26 Å². The fraction of sp³-hybridized carbons (Fsp3) is 0.312. The first-order valence-corrected chi connectivity index (χ1v) is 7.80. The van der Waals surface area contributed by atoms with Crippen LogP contribution >= 0.6 is 0 Å². The van der Waals surface area contributed by atoms with Gasteiger partial charge in [-0.25, -0.2) is 9.97 Å². The summed E-state index contributed by atoms with van der Waals surface area (Å²) in [5.41, 5.74) is 7.13. The van der Waals surface area contributed by atoms with Gasteiger partial charge in [0.25, 0.3) is 0 Å². The number of rotatable bonds is 4. The van der Waals surface area contributed by atoms with Gasteiger partial charge in [-0.3, -0.25) is 9.59 Å². The van der Waals surface area contributed by atoms with E-state index in [1.807, 2.05) is 11.0 Å². The van der Waals surface area contributed by atoms with Gasteiger partial charge in [-0.15, -0.1) is 0 Å². The summed E-state index contributed by atoms with van der Waals surface area (Å²) in [7, 11) is 0. The van der Waals surface area contributed by atoms with Crippen LogP contribution in [0.5, 0.6) is 0 Å². The molecule has 1 aliphatic heterocycles. The molecule has 1 saturated heterocycles. The summed E-state index contributed by atoms with van der Waals surface area (Å²) in [4.78, 5) is 38.4. The van der Waals surface area contributed by atoms with Gasteiger partial charge >= 0.3 is 0 Å². The van der Waals surface area contributed by atoms with Crippen molar-refractivity contribution in [3.8, 4) is 6.07 Å². The largest absolute Gasteiger partial charge is 0.366 e. The van der Waals surface area contributed by atoms with Crippen molar-refractivity contribution >= 4 is 34.9 Å². The van der Waals surface area contributed by atoms with E-state index in [9.17, 15) is 9.59 Å². The first-order chi connectivity index (χ1) is 12.1. The number of nitriles is 1. The molecule has 0 saturated carbocycles. The molecular weight excluding hydrogens is 322 g/mol. The second-order valence-corrected chi connectivity index (χ2v) is 5.61. The first kappa shape index (κ1) is 16.4. The third kappa shape index (κ3) is 3.58. The molecule has 3 N–H and O–H groups in total. The number of amides is 2. The van der Waals surface area contributed by atoms with E-state index in [1.54, 1.807) is 23.4 Å². The normalized spacial score (nSPS) is 14.8. The third-order valence-corrected chi connectivity index (χ3v) is 4.01. The standard InChI is InChI=1S/C16H17N7O2/c17-4-3-14(25)23-7-5-22(6-8-23)13-10-20-16-15(21-13)11(9-19-16)1-2-12(18)24/h1-2,9-10H,3,5-8H2,(H2,18,24)(H,19,20). The maximum absolute atomic E-state index is 11.8. The van der Waals surface area contributed by atoms with Crippen LogP contribution in [-0.2, 0) is 9.59 Å². The average molecular weight is 339 g/mol. The number of primary amides is 1. The van der Waals surface area contributed by atoms with E-state index in [2.05, 4.69) is 15.0 Å². The topological polar surface area (TPSA) is 132 Å². The summed E-state index contributed by atoms with van der Waals surface area (Å²) in [6.45, 7) is 2.33. The molecular formula is C16H17N7O2. The van der Waals surface area contributed by atoms with Gasteiger partial charge in [-0.1, -0.05) is 0 Å². The number of anilines is 1. The number of aromatic amines is 1. The monoisotopic (exact) mass is 339 g/mol. The highest BCUT2D eigenvalue weighted by molar-refractivity contribution is 5.93. The molecule has 9 nitrogen and oxygen atoms in total. The van der Waals surface area contributed by atoms with Gasteiger partial charge in [0, 0.05) is 44.0 Å². The number of fused-ring (bicyclic) bond motifs is 1. The smallest absolute Gasteiger partial charge is 0.241 e. The molecule has 2 amide bonds. The Bertz CT molecular complexity index is 872. The molecule has 25 heavy (non-hydrogen) atoms. The van der Waals surface area contributed by atoms with Gasteiger partial charge in [0.2, 0.25) is 11.8 Å². The van der Waals surface area contributed by atoms with Crippen molar-refractivity contribution in [2.75, 3.05) is 31.1 Å². The van der Waals surface area contributed by atoms with Crippen LogP contribution in [0.25, 0.3) is 17.2 Å². The molecule has 9 heteroatoms. The number of carbonyl (C=O) groups excluding carboxylic acids is 2. The first-order valence-electron chi connectivity index (χ1n) is 7.80. The van der Waals surface area contributed by atoms with Crippen LogP contribution in [0.2, 0.25) is 0 Å². The highest BCUT2D eigenvalue weighted by Crippen LogP contribution is 2.20. The highest BCUT2D eigenvalue weighted by atomic mass is 16.2. The van der Waals surface area contributed by atoms with Crippen molar-refractivity contribution in [2.45, 2.75) is 6.42 Å². The predicted octanol–water partition coefficient (Wildman–Crippen LogP) is 0.0187. The zero-order chi connectivity index (χ0) is 17.8. The Hall–Kier alpha value is -3.41. The molecule has 0 radical (unpaired) electrons. The molecule has 2 aromatic rings. The van der Waals surface area contributed by atoms with Crippen molar-refractivity contribution < 1.29 is 9.59 Å². The van der Waals surface area contributed by atoms with E-state index in [4.69, 9.17) is 11.0 Å². The minimum atomic E-state index is -0.531. The van der Waals surface area contributed by atoms with E-state index in [1.165, 1.54) is 6.08 Å². The summed E-state index contributed by atoms with van der Waals surface area (Å²) in [6.07, 6.45) is 6.17. The van der Waals surface area contributed by atoms with Gasteiger partial charge in [0.1, 0.15) is 17.8 Å². The predicted molar refractivity (Wildman–Crippen MR) is 91.1 cm³/mol. The molecule has 0 aromatic carbocycles. The Kier molecular flexibility index (Phi) is 4.61. The molecule has 3 rings (SSSR count). The molecule has 128 valence electrons. The molecule has 0 atom stereocenters. The molecule has 0 unspecified atom stereocenters. The van der Waals surface area contributed by atoms with Gasteiger partial charge < -0.3 is 20.5 Å². The van der Waals surface area contributed by atoms with E-state index >= 15 is 0 Å². The average Bonchev–Trinajstić information content (AvgIpc) is 3.02. The maximum atomic E-state index is 11.8. The maximum Gasteiger partial charge on any atom is 0.241 e. The zero-order valence-electron chi connectivity index (χ0n) is 13.5. The fourth-order valence-corrected chi connectivity index (χ4v) is 2.72. The van der Waals surface area contributed by atoms with E-state index in [-0.39, 0.29) is 12.3 Å². The summed E-state index contributed by atoms with van der Waals surface area (Å²) >= 11 is 0. The van der Waals surface area contributed by atoms with Gasteiger partial charge in [0.15, 0.2) is 5.65 Å². The van der Waals surface area contributed by atoms with E-state index in [0.29, 0.717) is 43.2 Å². The summed E-state index contributed by atoms with van der Waals surface area (Å²) in [6, 6.07) is 1.88. The van der Waals surface area contributed by atoms with Gasteiger partial charge in [-0.05, 0) is 6.08 Å². The molecule has 0 aliphatic carbocycles. The second kappa shape index (κ2) is 7.00. The van der Waals surface area contributed by atoms with E-state index < -0.39 is 5.91 Å². The number of nitrogens with zero attached hydrogens (tertiary/aromatic N) is 5. The van der Waals surface area contributed by atoms with Crippen molar-refractivity contribution in [1.82, 2.24) is 19.9 Å². The molecule has 0 spiro atoms. The van der Waals surface area contributed by atoms with Gasteiger partial charge in [-0.2, -0.15) is 5.26 Å². The number of hydrogen-bond donors (Lipinski definition) is 2. The number of carbonyl (C=O) groups is 2. The summed E-state index contributed by atoms with van der Waals surface area (Å²) in [5.74, 6) is 0.0259. The molecule has 3 heterocycles. The fourth-order valence-electron chi connectivity index (χ4n) is 2.72. The molecule has 2 aromatic heterocycles. The van der Waals surface area contributed by atoms with Crippen LogP contribution < -0.4 is 10.6 Å². The minimum Gasteiger partial charge on any atom is -0.366 e. The van der Waals surface area contributed by atoms with Crippen LogP contribution in [0.15, 0.2) is 18.5 Å². The Balaban J connectivity index is 1.76. The lowest BCUT2D eigenvalue weighted by Gasteiger charge is -2.34. The lowest BCUT2D eigenvalue weighted by Crippen LogP contribution is -2.49. The minimum absolute atomic E-state index is 0.0926. The van der Waals surface area contributed by atoms with Crippen LogP contribution in [0, 0.1) is 11.3 Å². The van der Waals surface area contributed by atoms with Gasteiger partial charge in [0.05, 0.1) is 12.3 Å². The number of piperazine rings is 1. The SMILES string of the molecule is N#CCC(=O)N1CCN(c2cnc3[nH]cc(C=CC(N)=O)c3n2)CC1. The lowest BCUT2D eigenvalue weighted by atomic mass is 10.2. The van der Waals surface area contributed by atoms with Crippen LogP contribution in [0.3, 0.4) is 0 Å².